The normalized spacial score (nSPS) is 13.3. The molecule has 0 saturated carbocycles. The van der Waals surface area contributed by atoms with Crippen LogP contribution in [0.15, 0.2) is 24.3 Å². The number of likely N-dealkylation sites (N-methyl/N-ethyl adjacent to an activating group) is 1. The number of aryl methyl sites for hydroxylation is 1. The summed E-state index contributed by atoms with van der Waals surface area (Å²) in [5.74, 6) is 0. The Morgan fingerprint density at radius 1 is 1.38 bits per heavy atom. The molecule has 13 heavy (non-hydrogen) atoms. The van der Waals surface area contributed by atoms with E-state index in [4.69, 9.17) is 0 Å². The van der Waals surface area contributed by atoms with E-state index >= 15 is 0 Å². The molecule has 1 atom stereocenters. The lowest BCUT2D eigenvalue weighted by atomic mass is 10.1. The van der Waals surface area contributed by atoms with Gasteiger partial charge in [-0.3, -0.25) is 0 Å². The van der Waals surface area contributed by atoms with Gasteiger partial charge in [0.05, 0.1) is 4.83 Å². The molecule has 1 aromatic rings. The molecule has 0 aromatic heterocycles. The van der Waals surface area contributed by atoms with Gasteiger partial charge in [-0.2, -0.15) is 0 Å². The van der Waals surface area contributed by atoms with Crippen LogP contribution in [-0.2, 0) is 0 Å². The monoisotopic (exact) mass is 241 g/mol. The first kappa shape index (κ1) is 10.7. The summed E-state index contributed by atoms with van der Waals surface area (Å²) in [4.78, 5) is 2.62. The Morgan fingerprint density at radius 2 is 2.08 bits per heavy atom. The molecular weight excluding hydrogens is 226 g/mol. The smallest absolute Gasteiger partial charge is 0.0522 e. The van der Waals surface area contributed by atoms with Gasteiger partial charge in [-0.05, 0) is 26.6 Å². The SMILES string of the molecule is Cc1cccc(C(Br)CN(C)C)c1. The minimum Gasteiger partial charge on any atom is -0.308 e. The fourth-order valence-electron chi connectivity index (χ4n) is 1.29. The van der Waals surface area contributed by atoms with Gasteiger partial charge >= 0.3 is 0 Å². The molecule has 0 N–H and O–H groups in total. The third-order valence-electron chi connectivity index (χ3n) is 1.93. The van der Waals surface area contributed by atoms with Crippen molar-refractivity contribution in [2.24, 2.45) is 0 Å². The van der Waals surface area contributed by atoms with E-state index in [0.717, 1.165) is 6.54 Å². The standard InChI is InChI=1S/C11H16BrN/c1-9-5-4-6-10(7-9)11(12)8-13(2)3/h4-7,11H,8H2,1-3H3. The molecule has 0 bridgehead atoms. The van der Waals surface area contributed by atoms with Gasteiger partial charge in [0.2, 0.25) is 0 Å². The fraction of sp³-hybridized carbons (Fsp3) is 0.455. The van der Waals surface area contributed by atoms with Crippen LogP contribution in [0.3, 0.4) is 0 Å². The van der Waals surface area contributed by atoms with Crippen molar-refractivity contribution in [3.63, 3.8) is 0 Å². The Kier molecular flexibility index (Phi) is 3.94. The van der Waals surface area contributed by atoms with Crippen LogP contribution >= 0.6 is 15.9 Å². The molecule has 72 valence electrons. The van der Waals surface area contributed by atoms with Gasteiger partial charge in [0.25, 0.3) is 0 Å². The molecule has 1 unspecified atom stereocenters. The first-order valence-electron chi connectivity index (χ1n) is 4.45. The molecule has 0 aliphatic carbocycles. The van der Waals surface area contributed by atoms with Crippen molar-refractivity contribution < 1.29 is 0 Å². The van der Waals surface area contributed by atoms with Crippen molar-refractivity contribution in [1.82, 2.24) is 4.90 Å². The quantitative estimate of drug-likeness (QED) is 0.736. The number of rotatable bonds is 3. The first-order valence-corrected chi connectivity index (χ1v) is 5.36. The number of halogens is 1. The van der Waals surface area contributed by atoms with Crippen molar-refractivity contribution in [2.45, 2.75) is 11.8 Å². The molecule has 0 amide bonds. The lowest BCUT2D eigenvalue weighted by Crippen LogP contribution is -2.16. The van der Waals surface area contributed by atoms with Gasteiger partial charge in [0.15, 0.2) is 0 Å². The van der Waals surface area contributed by atoms with Crippen LogP contribution in [0.2, 0.25) is 0 Å². The number of benzene rings is 1. The zero-order valence-corrected chi connectivity index (χ0v) is 10.0. The summed E-state index contributed by atoms with van der Waals surface area (Å²) in [6.45, 7) is 3.16. The first-order chi connectivity index (χ1) is 6.09. The summed E-state index contributed by atoms with van der Waals surface area (Å²) in [5, 5.41) is 0. The van der Waals surface area contributed by atoms with Crippen LogP contribution in [0.25, 0.3) is 0 Å². The zero-order chi connectivity index (χ0) is 9.84. The summed E-state index contributed by atoms with van der Waals surface area (Å²) in [6, 6.07) is 8.62. The van der Waals surface area contributed by atoms with Gasteiger partial charge in [-0.15, -0.1) is 0 Å². The highest BCUT2D eigenvalue weighted by molar-refractivity contribution is 9.09. The van der Waals surface area contributed by atoms with Crippen LogP contribution in [0.1, 0.15) is 16.0 Å². The summed E-state index contributed by atoms with van der Waals surface area (Å²) < 4.78 is 0. The summed E-state index contributed by atoms with van der Waals surface area (Å²) in [5.41, 5.74) is 2.68. The molecule has 0 spiro atoms. The van der Waals surface area contributed by atoms with E-state index in [1.165, 1.54) is 11.1 Å². The third-order valence-corrected chi connectivity index (χ3v) is 2.75. The van der Waals surface area contributed by atoms with E-state index in [9.17, 15) is 0 Å². The minimum absolute atomic E-state index is 0.433. The molecule has 0 aliphatic rings. The van der Waals surface area contributed by atoms with Gasteiger partial charge in [-0.1, -0.05) is 45.8 Å². The van der Waals surface area contributed by atoms with Gasteiger partial charge in [0, 0.05) is 6.54 Å². The van der Waals surface area contributed by atoms with Crippen molar-refractivity contribution in [2.75, 3.05) is 20.6 Å². The largest absolute Gasteiger partial charge is 0.308 e. The molecule has 1 nitrogen and oxygen atoms in total. The van der Waals surface area contributed by atoms with Gasteiger partial charge in [-0.25, -0.2) is 0 Å². The number of nitrogens with zero attached hydrogens (tertiary/aromatic N) is 1. The van der Waals surface area contributed by atoms with Crippen LogP contribution in [-0.4, -0.2) is 25.5 Å². The van der Waals surface area contributed by atoms with E-state index in [1.54, 1.807) is 0 Å². The van der Waals surface area contributed by atoms with Crippen LogP contribution in [0.4, 0.5) is 0 Å². The van der Waals surface area contributed by atoms with Gasteiger partial charge < -0.3 is 4.90 Å². The maximum Gasteiger partial charge on any atom is 0.0522 e. The Labute approximate surface area is 88.9 Å². The van der Waals surface area contributed by atoms with E-state index in [2.05, 4.69) is 66.1 Å². The van der Waals surface area contributed by atoms with Crippen molar-refractivity contribution in [3.8, 4) is 0 Å². The fourth-order valence-corrected chi connectivity index (χ4v) is 2.15. The summed E-state index contributed by atoms with van der Waals surface area (Å²) in [6.07, 6.45) is 0. The minimum atomic E-state index is 0.433. The van der Waals surface area contributed by atoms with Crippen LogP contribution < -0.4 is 0 Å². The van der Waals surface area contributed by atoms with Crippen molar-refractivity contribution in [1.29, 1.82) is 0 Å². The Hall–Kier alpha value is -0.340. The van der Waals surface area contributed by atoms with Gasteiger partial charge in [0.1, 0.15) is 0 Å². The predicted molar refractivity (Wildman–Crippen MR) is 61.4 cm³/mol. The zero-order valence-electron chi connectivity index (χ0n) is 8.42. The number of alkyl halides is 1. The van der Waals surface area contributed by atoms with Crippen LogP contribution in [0.5, 0.6) is 0 Å². The molecular formula is C11H16BrN. The average Bonchev–Trinajstić information content (AvgIpc) is 2.03. The van der Waals surface area contributed by atoms with Crippen molar-refractivity contribution >= 4 is 15.9 Å². The molecule has 0 heterocycles. The lowest BCUT2D eigenvalue weighted by Gasteiger charge is -2.15. The second-order valence-electron chi connectivity index (χ2n) is 3.64. The third kappa shape index (κ3) is 3.49. The summed E-state index contributed by atoms with van der Waals surface area (Å²) >= 11 is 3.68. The molecule has 0 fully saturated rings. The molecule has 0 radical (unpaired) electrons. The molecule has 1 aromatic carbocycles. The second kappa shape index (κ2) is 4.77. The molecule has 1 rings (SSSR count). The Balaban J connectivity index is 2.71. The van der Waals surface area contributed by atoms with E-state index in [-0.39, 0.29) is 0 Å². The lowest BCUT2D eigenvalue weighted by molar-refractivity contribution is 0.412. The van der Waals surface area contributed by atoms with E-state index in [0.29, 0.717) is 4.83 Å². The molecule has 0 saturated heterocycles. The number of hydrogen-bond acceptors (Lipinski definition) is 1. The second-order valence-corrected chi connectivity index (χ2v) is 4.75. The summed E-state index contributed by atoms with van der Waals surface area (Å²) in [7, 11) is 4.17. The number of hydrogen-bond donors (Lipinski definition) is 0. The highest BCUT2D eigenvalue weighted by Crippen LogP contribution is 2.23. The van der Waals surface area contributed by atoms with E-state index in [1.807, 2.05) is 0 Å². The molecule has 2 heteroatoms. The Morgan fingerprint density at radius 3 is 2.62 bits per heavy atom. The predicted octanol–water partition coefficient (Wildman–Crippen LogP) is 2.99. The average molecular weight is 242 g/mol. The highest BCUT2D eigenvalue weighted by Gasteiger charge is 2.07. The Bertz CT molecular complexity index is 271. The topological polar surface area (TPSA) is 3.24 Å². The van der Waals surface area contributed by atoms with E-state index < -0.39 is 0 Å². The van der Waals surface area contributed by atoms with Crippen molar-refractivity contribution in [3.05, 3.63) is 35.4 Å². The van der Waals surface area contributed by atoms with Crippen LogP contribution in [0, 0.1) is 6.92 Å². The molecule has 0 aliphatic heterocycles. The maximum absolute atomic E-state index is 3.68. The highest BCUT2D eigenvalue weighted by atomic mass is 79.9. The maximum atomic E-state index is 3.68.